The zero-order valence-corrected chi connectivity index (χ0v) is 16.1. The summed E-state index contributed by atoms with van der Waals surface area (Å²) in [6.07, 6.45) is 5.31. The normalized spacial score (nSPS) is 15.3. The van der Waals surface area contributed by atoms with Crippen molar-refractivity contribution in [3.05, 3.63) is 36.2 Å². The number of piperazine rings is 1. The van der Waals surface area contributed by atoms with Crippen LogP contribution in [-0.4, -0.2) is 75.4 Å². The van der Waals surface area contributed by atoms with Crippen LogP contribution >= 0.6 is 11.8 Å². The molecule has 2 N–H and O–H groups in total. The van der Waals surface area contributed by atoms with Crippen LogP contribution in [0.3, 0.4) is 0 Å². The SMILES string of the molecule is CSc1ncc(C(=O)N2CCN(C)CC2)c(Nc2ccc3[nH]ncc3c2)n1. The summed E-state index contributed by atoms with van der Waals surface area (Å²) in [5, 5.41) is 11.9. The maximum absolute atomic E-state index is 13.1. The Balaban J connectivity index is 1.64. The summed E-state index contributed by atoms with van der Waals surface area (Å²) in [5.41, 5.74) is 2.30. The molecule has 0 atom stereocenters. The molecule has 140 valence electrons. The number of nitrogens with one attached hydrogen (secondary N) is 2. The predicted molar refractivity (Wildman–Crippen MR) is 107 cm³/mol. The molecule has 9 heteroatoms. The van der Waals surface area contributed by atoms with Gasteiger partial charge in [0.1, 0.15) is 11.4 Å². The van der Waals surface area contributed by atoms with E-state index in [-0.39, 0.29) is 5.91 Å². The van der Waals surface area contributed by atoms with Gasteiger partial charge in [0.15, 0.2) is 5.16 Å². The highest BCUT2D eigenvalue weighted by Gasteiger charge is 2.24. The number of H-pyrrole nitrogens is 1. The van der Waals surface area contributed by atoms with Crippen LogP contribution in [0.15, 0.2) is 35.7 Å². The highest BCUT2D eigenvalue weighted by Crippen LogP contribution is 2.25. The Morgan fingerprint density at radius 1 is 1.22 bits per heavy atom. The smallest absolute Gasteiger partial charge is 0.259 e. The van der Waals surface area contributed by atoms with Gasteiger partial charge in [-0.15, -0.1) is 0 Å². The van der Waals surface area contributed by atoms with Crippen molar-refractivity contribution in [2.45, 2.75) is 5.16 Å². The summed E-state index contributed by atoms with van der Waals surface area (Å²) in [4.78, 5) is 26.0. The largest absolute Gasteiger partial charge is 0.339 e. The Labute approximate surface area is 161 Å². The van der Waals surface area contributed by atoms with Crippen LogP contribution in [0.5, 0.6) is 0 Å². The second kappa shape index (κ2) is 7.53. The molecule has 1 amide bonds. The lowest BCUT2D eigenvalue weighted by Crippen LogP contribution is -2.47. The Bertz CT molecular complexity index is 965. The monoisotopic (exact) mass is 383 g/mol. The summed E-state index contributed by atoms with van der Waals surface area (Å²) in [7, 11) is 2.07. The molecule has 8 nitrogen and oxygen atoms in total. The third kappa shape index (κ3) is 3.74. The van der Waals surface area contributed by atoms with E-state index in [1.165, 1.54) is 11.8 Å². The van der Waals surface area contributed by atoms with E-state index in [9.17, 15) is 4.79 Å². The number of carbonyl (C=O) groups is 1. The number of hydrogen-bond acceptors (Lipinski definition) is 7. The molecular formula is C18H21N7OS. The summed E-state index contributed by atoms with van der Waals surface area (Å²) in [5.74, 6) is 0.490. The molecule has 1 aromatic carbocycles. The van der Waals surface area contributed by atoms with Crippen molar-refractivity contribution in [2.24, 2.45) is 0 Å². The van der Waals surface area contributed by atoms with Gasteiger partial charge in [0.05, 0.1) is 11.7 Å². The number of anilines is 2. The number of aromatic amines is 1. The van der Waals surface area contributed by atoms with Crippen molar-refractivity contribution in [3.63, 3.8) is 0 Å². The number of aromatic nitrogens is 4. The van der Waals surface area contributed by atoms with Gasteiger partial charge in [-0.05, 0) is 31.5 Å². The number of carbonyl (C=O) groups excluding carboxylic acids is 1. The van der Waals surface area contributed by atoms with Gasteiger partial charge in [0.25, 0.3) is 5.91 Å². The van der Waals surface area contributed by atoms with Gasteiger partial charge in [-0.2, -0.15) is 5.10 Å². The van der Waals surface area contributed by atoms with Crippen molar-refractivity contribution in [3.8, 4) is 0 Å². The van der Waals surface area contributed by atoms with E-state index in [1.807, 2.05) is 29.4 Å². The van der Waals surface area contributed by atoms with Gasteiger partial charge in [-0.3, -0.25) is 9.89 Å². The average molecular weight is 383 g/mol. The van der Waals surface area contributed by atoms with Crippen molar-refractivity contribution in [1.29, 1.82) is 0 Å². The minimum absolute atomic E-state index is 0.0392. The Morgan fingerprint density at radius 2 is 2.04 bits per heavy atom. The minimum atomic E-state index is -0.0392. The molecule has 2 aromatic heterocycles. The van der Waals surface area contributed by atoms with E-state index in [0.717, 1.165) is 29.7 Å². The molecule has 1 aliphatic rings. The molecule has 0 spiro atoms. The van der Waals surface area contributed by atoms with Crippen LogP contribution in [-0.2, 0) is 0 Å². The molecule has 3 aromatic rings. The molecule has 4 rings (SSSR count). The highest BCUT2D eigenvalue weighted by molar-refractivity contribution is 7.98. The maximum Gasteiger partial charge on any atom is 0.259 e. The molecule has 0 bridgehead atoms. The Kier molecular flexibility index (Phi) is 4.95. The van der Waals surface area contributed by atoms with Gasteiger partial charge in [-0.25, -0.2) is 9.97 Å². The van der Waals surface area contributed by atoms with E-state index < -0.39 is 0 Å². The lowest BCUT2D eigenvalue weighted by Gasteiger charge is -2.32. The number of amides is 1. The van der Waals surface area contributed by atoms with E-state index in [4.69, 9.17) is 0 Å². The molecule has 1 saturated heterocycles. The van der Waals surface area contributed by atoms with E-state index >= 15 is 0 Å². The molecule has 27 heavy (non-hydrogen) atoms. The fourth-order valence-corrected chi connectivity index (χ4v) is 3.39. The standard InChI is InChI=1S/C18H21N7OS/c1-24-5-7-25(8-6-24)17(26)14-11-19-18(27-2)22-16(14)21-13-3-4-15-12(9-13)10-20-23-15/h3-4,9-11H,5-8H2,1-2H3,(H,20,23)(H,19,21,22). The second-order valence-corrected chi connectivity index (χ2v) is 7.28. The number of benzene rings is 1. The number of rotatable bonds is 4. The first-order chi connectivity index (χ1) is 13.1. The van der Waals surface area contributed by atoms with Crippen LogP contribution in [0.1, 0.15) is 10.4 Å². The molecule has 0 aliphatic carbocycles. The van der Waals surface area contributed by atoms with Gasteiger partial charge in [-0.1, -0.05) is 11.8 Å². The van der Waals surface area contributed by atoms with Gasteiger partial charge in [0.2, 0.25) is 0 Å². The highest BCUT2D eigenvalue weighted by atomic mass is 32.2. The van der Waals surface area contributed by atoms with E-state index in [1.54, 1.807) is 12.4 Å². The summed E-state index contributed by atoms with van der Waals surface area (Å²) < 4.78 is 0. The lowest BCUT2D eigenvalue weighted by molar-refractivity contribution is 0.0664. The molecular weight excluding hydrogens is 362 g/mol. The van der Waals surface area contributed by atoms with E-state index in [2.05, 4.69) is 37.4 Å². The Morgan fingerprint density at radius 3 is 2.81 bits per heavy atom. The fraction of sp³-hybridized carbons (Fsp3) is 0.333. The van der Waals surface area contributed by atoms with Crippen LogP contribution < -0.4 is 5.32 Å². The number of hydrogen-bond donors (Lipinski definition) is 2. The summed E-state index contributed by atoms with van der Waals surface area (Å²) in [6.45, 7) is 3.16. The maximum atomic E-state index is 13.1. The third-order valence-corrected chi connectivity index (χ3v) is 5.23. The van der Waals surface area contributed by atoms with E-state index in [0.29, 0.717) is 29.6 Å². The van der Waals surface area contributed by atoms with Crippen LogP contribution in [0, 0.1) is 0 Å². The quantitative estimate of drug-likeness (QED) is 0.527. The third-order valence-electron chi connectivity index (χ3n) is 4.67. The Hall–Kier alpha value is -2.65. The molecule has 0 unspecified atom stereocenters. The number of thioether (sulfide) groups is 1. The molecule has 3 heterocycles. The van der Waals surface area contributed by atoms with Gasteiger partial charge < -0.3 is 15.1 Å². The zero-order valence-electron chi connectivity index (χ0n) is 15.3. The first-order valence-corrected chi connectivity index (χ1v) is 9.95. The van der Waals surface area contributed by atoms with Crippen molar-refractivity contribution in [1.82, 2.24) is 30.0 Å². The minimum Gasteiger partial charge on any atom is -0.339 e. The lowest BCUT2D eigenvalue weighted by atomic mass is 10.2. The first-order valence-electron chi connectivity index (χ1n) is 8.73. The second-order valence-electron chi connectivity index (χ2n) is 6.51. The number of nitrogens with zero attached hydrogens (tertiary/aromatic N) is 5. The van der Waals surface area contributed by atoms with Crippen molar-refractivity contribution < 1.29 is 4.79 Å². The predicted octanol–water partition coefficient (Wildman–Crippen LogP) is 2.21. The molecule has 1 aliphatic heterocycles. The zero-order chi connectivity index (χ0) is 18.8. The number of fused-ring (bicyclic) bond motifs is 1. The topological polar surface area (TPSA) is 90.0 Å². The van der Waals surface area contributed by atoms with Gasteiger partial charge in [0, 0.05) is 43.4 Å². The van der Waals surface area contributed by atoms with Crippen LogP contribution in [0.4, 0.5) is 11.5 Å². The van der Waals surface area contributed by atoms with Gasteiger partial charge >= 0.3 is 0 Å². The molecule has 1 fully saturated rings. The summed E-state index contributed by atoms with van der Waals surface area (Å²) >= 11 is 1.44. The summed E-state index contributed by atoms with van der Waals surface area (Å²) in [6, 6.07) is 5.86. The average Bonchev–Trinajstić information content (AvgIpc) is 3.16. The first kappa shape index (κ1) is 17.7. The van der Waals surface area contributed by atoms with Crippen molar-refractivity contribution >= 4 is 40.1 Å². The van der Waals surface area contributed by atoms with Crippen LogP contribution in [0.25, 0.3) is 10.9 Å². The fourth-order valence-electron chi connectivity index (χ4n) is 3.05. The van der Waals surface area contributed by atoms with Crippen LogP contribution in [0.2, 0.25) is 0 Å². The molecule has 0 radical (unpaired) electrons. The number of likely N-dealkylation sites (N-methyl/N-ethyl adjacent to an activating group) is 1. The molecule has 0 saturated carbocycles. The van der Waals surface area contributed by atoms with Crippen molar-refractivity contribution in [2.75, 3.05) is 44.8 Å².